The molecular formula is C27H29N. The van der Waals surface area contributed by atoms with Gasteiger partial charge in [0.25, 0.3) is 0 Å². The second-order valence-electron chi connectivity index (χ2n) is 5.79. The van der Waals surface area contributed by atoms with Crippen LogP contribution in [0.1, 0.15) is 30.8 Å². The molecule has 0 saturated carbocycles. The third-order valence-corrected chi connectivity index (χ3v) is 3.75. The summed E-state index contributed by atoms with van der Waals surface area (Å²) in [4.78, 5) is 4.90. The van der Waals surface area contributed by atoms with Crippen LogP contribution in [0, 0.1) is 0 Å². The van der Waals surface area contributed by atoms with Gasteiger partial charge in [0.2, 0.25) is 0 Å². The molecular weight excluding hydrogens is 338 g/mol. The average Bonchev–Trinajstić information content (AvgIpc) is 2.70. The zero-order valence-corrected chi connectivity index (χ0v) is 16.9. The fraction of sp³-hybridized carbons (Fsp3) is 0.0741. The Hall–Kier alpha value is -3.45. The minimum atomic E-state index is 0.851. The highest BCUT2D eigenvalue weighted by atomic mass is 14.7. The van der Waals surface area contributed by atoms with E-state index < -0.39 is 0 Å². The minimum Gasteiger partial charge on any atom is -0.248 e. The van der Waals surface area contributed by atoms with Gasteiger partial charge in [-0.05, 0) is 42.7 Å². The molecule has 1 aromatic heterocycles. The van der Waals surface area contributed by atoms with Crippen LogP contribution in [0.2, 0.25) is 0 Å². The molecule has 0 atom stereocenters. The van der Waals surface area contributed by atoms with E-state index in [-0.39, 0.29) is 0 Å². The highest BCUT2D eigenvalue weighted by Crippen LogP contribution is 2.26. The molecule has 0 bridgehead atoms. The summed E-state index contributed by atoms with van der Waals surface area (Å²) in [5.74, 6) is 0. The van der Waals surface area contributed by atoms with Crippen LogP contribution >= 0.6 is 0 Å². The van der Waals surface area contributed by atoms with Crippen molar-refractivity contribution in [1.29, 1.82) is 0 Å². The van der Waals surface area contributed by atoms with Gasteiger partial charge in [-0.15, -0.1) is 0 Å². The van der Waals surface area contributed by atoms with E-state index in [4.69, 9.17) is 4.98 Å². The van der Waals surface area contributed by atoms with Gasteiger partial charge in [-0.2, -0.15) is 0 Å². The quantitative estimate of drug-likeness (QED) is 0.386. The molecule has 0 aliphatic rings. The number of hydrogen-bond donors (Lipinski definition) is 0. The van der Waals surface area contributed by atoms with Crippen molar-refractivity contribution in [1.82, 2.24) is 4.98 Å². The van der Waals surface area contributed by atoms with Gasteiger partial charge >= 0.3 is 0 Å². The molecule has 0 spiro atoms. The summed E-state index contributed by atoms with van der Waals surface area (Å²) in [5, 5.41) is 0. The lowest BCUT2D eigenvalue weighted by Gasteiger charge is -2.12. The van der Waals surface area contributed by atoms with Crippen LogP contribution in [0.25, 0.3) is 16.7 Å². The fourth-order valence-corrected chi connectivity index (χ4v) is 2.61. The molecule has 0 aromatic carbocycles. The van der Waals surface area contributed by atoms with Crippen LogP contribution in [0.5, 0.6) is 0 Å². The number of aromatic nitrogens is 1. The summed E-state index contributed by atoms with van der Waals surface area (Å²) in [5.41, 5.74) is 5.78. The van der Waals surface area contributed by atoms with Crippen LogP contribution in [0.15, 0.2) is 117 Å². The Labute approximate surface area is 170 Å². The monoisotopic (exact) mass is 367 g/mol. The van der Waals surface area contributed by atoms with Crippen molar-refractivity contribution < 1.29 is 0 Å². The van der Waals surface area contributed by atoms with Gasteiger partial charge in [0.1, 0.15) is 0 Å². The van der Waals surface area contributed by atoms with E-state index in [1.165, 1.54) is 0 Å². The first-order valence-electron chi connectivity index (χ1n) is 9.20. The maximum Gasteiger partial charge on any atom is 0.0715 e. The molecule has 0 fully saturated rings. The molecule has 1 rings (SSSR count). The second kappa shape index (κ2) is 12.8. The Morgan fingerprint density at radius 2 is 1.14 bits per heavy atom. The lowest BCUT2D eigenvalue weighted by molar-refractivity contribution is 1.23. The summed E-state index contributed by atoms with van der Waals surface area (Å²) in [6.45, 7) is 19.2. The molecule has 142 valence electrons. The standard InChI is InChI=1S/C27H29N/c1-7-13-19-24(18-12-6)27-21-25(22(14-8-2)15-9-3)20-26(28-27)23(16-10-4)17-11-5/h7-21H,1-2,4,6H2,3,5H3/b15-9-,17-11-,19-13-,22-14+,23-16+,24-18+. The maximum atomic E-state index is 4.90. The zero-order chi connectivity index (χ0) is 20.8. The number of hydrogen-bond acceptors (Lipinski definition) is 1. The Bertz CT molecular complexity index is 844. The van der Waals surface area contributed by atoms with Crippen molar-refractivity contribution >= 4 is 16.7 Å². The number of nitrogens with zero attached hydrogens (tertiary/aromatic N) is 1. The molecule has 0 saturated heterocycles. The molecule has 0 aliphatic heterocycles. The second-order valence-corrected chi connectivity index (χ2v) is 5.79. The molecule has 0 N–H and O–H groups in total. The van der Waals surface area contributed by atoms with Crippen molar-refractivity contribution in [3.8, 4) is 0 Å². The molecule has 1 heteroatoms. The molecule has 1 aromatic rings. The van der Waals surface area contributed by atoms with Crippen molar-refractivity contribution in [2.75, 3.05) is 0 Å². The highest BCUT2D eigenvalue weighted by molar-refractivity contribution is 5.83. The first-order valence-corrected chi connectivity index (χ1v) is 9.20. The molecule has 0 aliphatic carbocycles. The van der Waals surface area contributed by atoms with Crippen LogP contribution in [-0.4, -0.2) is 4.98 Å². The van der Waals surface area contributed by atoms with Gasteiger partial charge in [0, 0.05) is 5.57 Å². The smallest absolute Gasteiger partial charge is 0.0715 e. The Balaban J connectivity index is 3.85. The molecule has 0 radical (unpaired) electrons. The molecule has 28 heavy (non-hydrogen) atoms. The van der Waals surface area contributed by atoms with E-state index >= 15 is 0 Å². The minimum absolute atomic E-state index is 0.851. The van der Waals surface area contributed by atoms with E-state index in [0.717, 1.165) is 33.7 Å². The van der Waals surface area contributed by atoms with Crippen LogP contribution < -0.4 is 0 Å². The summed E-state index contributed by atoms with van der Waals surface area (Å²) < 4.78 is 0. The van der Waals surface area contributed by atoms with E-state index in [0.29, 0.717) is 0 Å². The third kappa shape index (κ3) is 6.69. The SMILES string of the molecule is C=C/C=C\C(=C/C=C)c1cc(C(/C=C\C)=C/C=C)cc(C(/C=C\C)=C/C=C)n1. The third-order valence-electron chi connectivity index (χ3n) is 3.75. The van der Waals surface area contributed by atoms with Gasteiger partial charge in [0.15, 0.2) is 0 Å². The normalized spacial score (nSPS) is 13.4. The fourth-order valence-electron chi connectivity index (χ4n) is 2.61. The number of pyridine rings is 1. The Morgan fingerprint density at radius 3 is 1.61 bits per heavy atom. The highest BCUT2D eigenvalue weighted by Gasteiger charge is 2.09. The largest absolute Gasteiger partial charge is 0.248 e. The van der Waals surface area contributed by atoms with Crippen LogP contribution in [-0.2, 0) is 0 Å². The summed E-state index contributed by atoms with van der Waals surface area (Å²) in [6.07, 6.45) is 24.9. The van der Waals surface area contributed by atoms with Crippen molar-refractivity contribution in [2.45, 2.75) is 13.8 Å². The van der Waals surface area contributed by atoms with Crippen molar-refractivity contribution in [3.05, 3.63) is 134 Å². The van der Waals surface area contributed by atoms with E-state index in [1.807, 2.05) is 62.5 Å². The lowest BCUT2D eigenvalue weighted by atomic mass is 9.98. The average molecular weight is 368 g/mol. The Kier molecular flexibility index (Phi) is 10.4. The molecule has 0 amide bonds. The molecule has 0 unspecified atom stereocenters. The molecule has 1 nitrogen and oxygen atoms in total. The van der Waals surface area contributed by atoms with Crippen LogP contribution in [0.4, 0.5) is 0 Å². The summed E-state index contributed by atoms with van der Waals surface area (Å²) >= 11 is 0. The first-order chi connectivity index (χ1) is 13.6. The van der Waals surface area contributed by atoms with Crippen LogP contribution in [0.3, 0.4) is 0 Å². The zero-order valence-electron chi connectivity index (χ0n) is 16.9. The summed E-state index contributed by atoms with van der Waals surface area (Å²) in [7, 11) is 0. The van der Waals surface area contributed by atoms with E-state index in [2.05, 4.69) is 44.5 Å². The summed E-state index contributed by atoms with van der Waals surface area (Å²) in [6, 6.07) is 4.15. The van der Waals surface area contributed by atoms with Crippen molar-refractivity contribution in [2.24, 2.45) is 0 Å². The van der Waals surface area contributed by atoms with E-state index in [1.54, 1.807) is 24.3 Å². The maximum absolute atomic E-state index is 4.90. The van der Waals surface area contributed by atoms with Crippen molar-refractivity contribution in [3.63, 3.8) is 0 Å². The predicted molar refractivity (Wildman–Crippen MR) is 128 cm³/mol. The predicted octanol–water partition coefficient (Wildman–Crippen LogP) is 7.68. The van der Waals surface area contributed by atoms with E-state index in [9.17, 15) is 0 Å². The van der Waals surface area contributed by atoms with Gasteiger partial charge < -0.3 is 0 Å². The topological polar surface area (TPSA) is 12.9 Å². The number of allylic oxidation sites excluding steroid dienone is 16. The van der Waals surface area contributed by atoms with Gasteiger partial charge in [0.05, 0.1) is 11.4 Å². The number of rotatable bonds is 10. The molecule has 1 heterocycles. The van der Waals surface area contributed by atoms with Gasteiger partial charge in [-0.3, -0.25) is 0 Å². The Morgan fingerprint density at radius 1 is 0.679 bits per heavy atom. The first kappa shape index (κ1) is 22.6. The van der Waals surface area contributed by atoms with Gasteiger partial charge in [-0.25, -0.2) is 4.98 Å². The van der Waals surface area contributed by atoms with Gasteiger partial charge in [-0.1, -0.05) is 105 Å². The lowest BCUT2D eigenvalue weighted by Crippen LogP contribution is -1.97.